The Morgan fingerprint density at radius 3 is 2.64 bits per heavy atom. The highest BCUT2D eigenvalue weighted by Crippen LogP contribution is 2.23. The van der Waals surface area contributed by atoms with Crippen LogP contribution < -0.4 is 10.9 Å². The zero-order valence-corrected chi connectivity index (χ0v) is 17.3. The van der Waals surface area contributed by atoms with Crippen LogP contribution in [0.25, 0.3) is 5.69 Å². The van der Waals surface area contributed by atoms with E-state index >= 15 is 0 Å². The van der Waals surface area contributed by atoms with E-state index < -0.39 is 0 Å². The van der Waals surface area contributed by atoms with Gasteiger partial charge in [-0.1, -0.05) is 41.6 Å². The predicted molar refractivity (Wildman–Crippen MR) is 115 cm³/mol. The molecule has 0 spiro atoms. The molecule has 1 unspecified atom stereocenters. The fourth-order valence-corrected chi connectivity index (χ4v) is 3.54. The van der Waals surface area contributed by atoms with Crippen LogP contribution in [0.15, 0.2) is 64.4 Å². The van der Waals surface area contributed by atoms with Crippen molar-refractivity contribution in [2.45, 2.75) is 31.0 Å². The normalized spacial score (nSPS) is 11.9. The Hall–Kier alpha value is -2.57. The summed E-state index contributed by atoms with van der Waals surface area (Å²) in [4.78, 5) is 24.7. The van der Waals surface area contributed by atoms with Crippen molar-refractivity contribution in [1.29, 1.82) is 0 Å². The van der Waals surface area contributed by atoms with Gasteiger partial charge in [-0.25, -0.2) is 0 Å². The number of nitrogens with zero attached hydrogens (tertiary/aromatic N) is 2. The summed E-state index contributed by atoms with van der Waals surface area (Å²) in [5, 5.41) is 8.03. The molecular weight excluding hydrogens is 394 g/mol. The van der Waals surface area contributed by atoms with Crippen LogP contribution in [-0.4, -0.2) is 20.9 Å². The summed E-state index contributed by atoms with van der Waals surface area (Å²) in [5.74, 6) is -0.131. The summed E-state index contributed by atoms with van der Waals surface area (Å²) in [6.07, 6.45) is 0. The topological polar surface area (TPSA) is 64.0 Å². The van der Waals surface area contributed by atoms with E-state index in [0.29, 0.717) is 15.7 Å². The van der Waals surface area contributed by atoms with Crippen molar-refractivity contribution in [2.24, 2.45) is 0 Å². The van der Waals surface area contributed by atoms with Gasteiger partial charge in [-0.05, 0) is 62.2 Å². The number of carbonyl (C=O) groups excluding carboxylic acids is 1. The first kappa shape index (κ1) is 20.2. The first-order chi connectivity index (χ1) is 13.3. The van der Waals surface area contributed by atoms with Gasteiger partial charge in [0.1, 0.15) is 5.03 Å². The lowest BCUT2D eigenvalue weighted by atomic mass is 10.2. The third-order valence-corrected chi connectivity index (χ3v) is 5.56. The molecule has 1 aromatic heterocycles. The smallest absolute Gasteiger partial charge is 0.271 e. The van der Waals surface area contributed by atoms with E-state index in [9.17, 15) is 9.59 Å². The molecule has 1 amide bonds. The maximum atomic E-state index is 12.5. The molecule has 0 bridgehead atoms. The van der Waals surface area contributed by atoms with Crippen LogP contribution in [0.5, 0.6) is 0 Å². The molecule has 0 saturated heterocycles. The number of thioether (sulfide) groups is 1. The van der Waals surface area contributed by atoms with Gasteiger partial charge in [0.2, 0.25) is 5.91 Å². The van der Waals surface area contributed by atoms with E-state index in [1.165, 1.54) is 22.5 Å². The van der Waals surface area contributed by atoms with Gasteiger partial charge < -0.3 is 5.32 Å². The molecule has 1 heterocycles. The van der Waals surface area contributed by atoms with Crippen molar-refractivity contribution in [3.63, 3.8) is 0 Å². The van der Waals surface area contributed by atoms with Gasteiger partial charge in [0.05, 0.1) is 10.9 Å². The number of aromatic nitrogens is 2. The molecule has 2 aromatic carbocycles. The lowest BCUT2D eigenvalue weighted by molar-refractivity contribution is -0.115. The quantitative estimate of drug-likeness (QED) is 0.620. The fourth-order valence-electron chi connectivity index (χ4n) is 2.56. The molecule has 0 aliphatic heterocycles. The lowest BCUT2D eigenvalue weighted by Crippen LogP contribution is -2.24. The number of benzene rings is 2. The molecule has 7 heteroatoms. The first-order valence-corrected chi connectivity index (χ1v) is 10.0. The zero-order chi connectivity index (χ0) is 20.3. The lowest BCUT2D eigenvalue weighted by Gasteiger charge is -2.13. The van der Waals surface area contributed by atoms with Crippen molar-refractivity contribution in [1.82, 2.24) is 9.78 Å². The highest BCUT2D eigenvalue weighted by atomic mass is 35.5. The summed E-state index contributed by atoms with van der Waals surface area (Å²) in [5.41, 5.74) is 3.07. The van der Waals surface area contributed by atoms with Crippen LogP contribution in [0.1, 0.15) is 18.1 Å². The zero-order valence-electron chi connectivity index (χ0n) is 15.8. The molecule has 5 nitrogen and oxygen atoms in total. The second kappa shape index (κ2) is 8.63. The number of anilines is 1. The van der Waals surface area contributed by atoms with Crippen molar-refractivity contribution in [3.05, 3.63) is 81.1 Å². The Kier molecular flexibility index (Phi) is 6.21. The average molecular weight is 414 g/mol. The molecular formula is C21H20ClN3O2S. The third kappa shape index (κ3) is 4.82. The van der Waals surface area contributed by atoms with Crippen molar-refractivity contribution >= 4 is 35.0 Å². The number of hydrogen-bond acceptors (Lipinski definition) is 4. The van der Waals surface area contributed by atoms with Gasteiger partial charge in [-0.2, -0.15) is 9.78 Å². The van der Waals surface area contributed by atoms with Crippen LogP contribution in [-0.2, 0) is 4.79 Å². The minimum atomic E-state index is -0.388. The van der Waals surface area contributed by atoms with E-state index in [1.54, 1.807) is 25.1 Å². The van der Waals surface area contributed by atoms with Crippen LogP contribution in [0.3, 0.4) is 0 Å². The van der Waals surface area contributed by atoms with Gasteiger partial charge in [0, 0.05) is 16.8 Å². The minimum Gasteiger partial charge on any atom is -0.325 e. The predicted octanol–water partition coefficient (Wildman–Crippen LogP) is 4.62. The molecule has 1 atom stereocenters. The number of halogens is 1. The molecule has 0 fully saturated rings. The average Bonchev–Trinajstić information content (AvgIpc) is 2.65. The Bertz CT molecular complexity index is 1080. The SMILES string of the molecule is Cc1cccc(NC(=O)C(C)Sc2ccc(=O)n(-c3ccc(C)c(Cl)c3)n2)c1. The van der Waals surface area contributed by atoms with Gasteiger partial charge in [-0.15, -0.1) is 0 Å². The molecule has 0 aliphatic carbocycles. The molecule has 28 heavy (non-hydrogen) atoms. The van der Waals surface area contributed by atoms with Crippen LogP contribution in [0.2, 0.25) is 5.02 Å². The van der Waals surface area contributed by atoms with Gasteiger partial charge in [0.25, 0.3) is 5.56 Å². The van der Waals surface area contributed by atoms with Crippen molar-refractivity contribution in [2.75, 3.05) is 5.32 Å². The Morgan fingerprint density at radius 1 is 1.14 bits per heavy atom. The van der Waals surface area contributed by atoms with E-state index in [4.69, 9.17) is 11.6 Å². The van der Waals surface area contributed by atoms with Gasteiger partial charge >= 0.3 is 0 Å². The number of amides is 1. The first-order valence-electron chi connectivity index (χ1n) is 8.74. The largest absolute Gasteiger partial charge is 0.325 e. The summed E-state index contributed by atoms with van der Waals surface area (Å²) in [7, 11) is 0. The van der Waals surface area contributed by atoms with E-state index in [1.807, 2.05) is 44.2 Å². The van der Waals surface area contributed by atoms with Crippen LogP contribution in [0.4, 0.5) is 5.69 Å². The number of aryl methyl sites for hydroxylation is 2. The molecule has 1 N–H and O–H groups in total. The summed E-state index contributed by atoms with van der Waals surface area (Å²) in [6.45, 7) is 5.66. The van der Waals surface area contributed by atoms with Crippen molar-refractivity contribution < 1.29 is 4.79 Å². The summed E-state index contributed by atoms with van der Waals surface area (Å²) < 4.78 is 1.29. The highest BCUT2D eigenvalue weighted by Gasteiger charge is 2.16. The maximum Gasteiger partial charge on any atom is 0.271 e. The number of nitrogens with one attached hydrogen (secondary N) is 1. The van der Waals surface area contributed by atoms with E-state index in [-0.39, 0.29) is 16.7 Å². The van der Waals surface area contributed by atoms with Gasteiger partial charge in [-0.3, -0.25) is 9.59 Å². The van der Waals surface area contributed by atoms with Crippen molar-refractivity contribution in [3.8, 4) is 5.69 Å². The van der Waals surface area contributed by atoms with Crippen LogP contribution in [0, 0.1) is 13.8 Å². The van der Waals surface area contributed by atoms with Gasteiger partial charge in [0.15, 0.2) is 0 Å². The third-order valence-electron chi connectivity index (χ3n) is 4.13. The Morgan fingerprint density at radius 2 is 1.93 bits per heavy atom. The Labute approximate surface area is 172 Å². The summed E-state index contributed by atoms with van der Waals surface area (Å²) >= 11 is 7.45. The molecule has 0 saturated carbocycles. The number of hydrogen-bond donors (Lipinski definition) is 1. The van der Waals surface area contributed by atoms with E-state index in [0.717, 1.165) is 16.8 Å². The highest BCUT2D eigenvalue weighted by molar-refractivity contribution is 8.00. The fraction of sp³-hybridized carbons (Fsp3) is 0.190. The van der Waals surface area contributed by atoms with E-state index in [2.05, 4.69) is 10.4 Å². The summed E-state index contributed by atoms with van der Waals surface area (Å²) in [6, 6.07) is 16.0. The maximum absolute atomic E-state index is 12.5. The van der Waals surface area contributed by atoms with Crippen LogP contribution >= 0.6 is 23.4 Å². The number of carbonyl (C=O) groups is 1. The number of rotatable bonds is 5. The molecule has 0 aliphatic rings. The molecule has 3 aromatic rings. The second-order valence-electron chi connectivity index (χ2n) is 6.47. The molecule has 0 radical (unpaired) electrons. The minimum absolute atomic E-state index is 0.131. The molecule has 144 valence electrons. The Balaban J connectivity index is 1.77. The second-order valence-corrected chi connectivity index (χ2v) is 8.24. The monoisotopic (exact) mass is 413 g/mol. The standard InChI is InChI=1S/C21H20ClN3O2S/c1-13-5-4-6-16(11-13)23-21(27)15(3)28-19-9-10-20(26)25(24-19)17-8-7-14(2)18(22)12-17/h4-12,15H,1-3H3,(H,23,27). The molecule has 3 rings (SSSR count).